The van der Waals surface area contributed by atoms with E-state index >= 15 is 0 Å². The molecule has 31 heavy (non-hydrogen) atoms. The lowest BCUT2D eigenvalue weighted by Crippen LogP contribution is -2.36. The average Bonchev–Trinajstić information content (AvgIpc) is 2.81. The molecule has 1 heterocycles. The first-order valence-electron chi connectivity index (χ1n) is 10.1. The van der Waals surface area contributed by atoms with Gasteiger partial charge in [0.25, 0.3) is 0 Å². The van der Waals surface area contributed by atoms with Crippen LogP contribution in [0.1, 0.15) is 18.1 Å². The molecule has 0 amide bonds. The first-order chi connectivity index (χ1) is 15.2. The van der Waals surface area contributed by atoms with Crippen molar-refractivity contribution in [2.75, 3.05) is 20.8 Å². The van der Waals surface area contributed by atoms with Crippen LogP contribution in [-0.4, -0.2) is 31.7 Å². The molecule has 1 aromatic heterocycles. The second-order valence-corrected chi connectivity index (χ2v) is 6.64. The van der Waals surface area contributed by atoms with E-state index in [4.69, 9.17) is 14.2 Å². The Morgan fingerprint density at radius 3 is 2.16 bits per heavy atom. The molecule has 0 saturated heterocycles. The van der Waals surface area contributed by atoms with E-state index in [0.29, 0.717) is 37.3 Å². The van der Waals surface area contributed by atoms with Gasteiger partial charge >= 0.3 is 0 Å². The van der Waals surface area contributed by atoms with Gasteiger partial charge in [-0.1, -0.05) is 12.1 Å². The molecule has 2 N–H and O–H groups in total. The van der Waals surface area contributed by atoms with Gasteiger partial charge in [-0.05, 0) is 60.5 Å². The largest absolute Gasteiger partial charge is 0.497 e. The van der Waals surface area contributed by atoms with Crippen LogP contribution in [0.3, 0.4) is 0 Å². The first kappa shape index (κ1) is 22.0. The molecule has 0 radical (unpaired) electrons. The van der Waals surface area contributed by atoms with E-state index in [-0.39, 0.29) is 0 Å². The van der Waals surface area contributed by atoms with E-state index < -0.39 is 0 Å². The molecule has 0 fully saturated rings. The number of hydrogen-bond donors (Lipinski definition) is 2. The van der Waals surface area contributed by atoms with E-state index in [0.717, 1.165) is 22.6 Å². The summed E-state index contributed by atoms with van der Waals surface area (Å²) in [6.45, 7) is 3.84. The Bertz CT molecular complexity index is 973. The molecule has 0 aliphatic rings. The Kier molecular flexibility index (Phi) is 8.11. The number of rotatable bonds is 9. The summed E-state index contributed by atoms with van der Waals surface area (Å²) in [5.41, 5.74) is 2.17. The van der Waals surface area contributed by atoms with Crippen LogP contribution in [0.2, 0.25) is 0 Å². The van der Waals surface area contributed by atoms with Gasteiger partial charge in [-0.2, -0.15) is 0 Å². The fourth-order valence-corrected chi connectivity index (χ4v) is 2.84. The molecule has 0 bridgehead atoms. The Morgan fingerprint density at radius 1 is 0.871 bits per heavy atom. The number of aliphatic imine (C=N–C) groups is 1. The van der Waals surface area contributed by atoms with Crippen molar-refractivity contribution in [3.8, 4) is 23.1 Å². The van der Waals surface area contributed by atoms with Crippen LogP contribution in [0.15, 0.2) is 71.9 Å². The number of hydrogen-bond acceptors (Lipinski definition) is 5. The topological polar surface area (TPSA) is 77.0 Å². The van der Waals surface area contributed by atoms with Crippen molar-refractivity contribution >= 4 is 5.96 Å². The van der Waals surface area contributed by atoms with Gasteiger partial charge < -0.3 is 24.8 Å². The maximum Gasteiger partial charge on any atom is 0.219 e. The second kappa shape index (κ2) is 11.4. The summed E-state index contributed by atoms with van der Waals surface area (Å²) in [7, 11) is 3.41. The molecule has 7 nitrogen and oxygen atoms in total. The van der Waals surface area contributed by atoms with Gasteiger partial charge in [0.05, 0.1) is 13.7 Å². The van der Waals surface area contributed by atoms with Crippen LogP contribution in [0.4, 0.5) is 0 Å². The molecule has 0 unspecified atom stereocenters. The maximum absolute atomic E-state index is 5.86. The van der Waals surface area contributed by atoms with Gasteiger partial charge in [0.2, 0.25) is 5.88 Å². The number of guanidine groups is 1. The number of nitrogens with one attached hydrogen (secondary N) is 2. The third-order valence-corrected chi connectivity index (χ3v) is 4.46. The molecule has 0 aliphatic carbocycles. The van der Waals surface area contributed by atoms with Gasteiger partial charge in [0, 0.05) is 32.4 Å². The normalized spacial score (nSPS) is 11.0. The van der Waals surface area contributed by atoms with Crippen molar-refractivity contribution < 1.29 is 14.2 Å². The lowest BCUT2D eigenvalue weighted by Gasteiger charge is -2.13. The Balaban J connectivity index is 1.52. The number of ether oxygens (including phenoxy) is 3. The first-order valence-corrected chi connectivity index (χ1v) is 10.1. The second-order valence-electron chi connectivity index (χ2n) is 6.64. The van der Waals surface area contributed by atoms with Gasteiger partial charge in [-0.25, -0.2) is 4.98 Å². The van der Waals surface area contributed by atoms with E-state index in [1.807, 2.05) is 67.6 Å². The van der Waals surface area contributed by atoms with Gasteiger partial charge in [-0.15, -0.1) is 0 Å². The van der Waals surface area contributed by atoms with E-state index in [9.17, 15) is 0 Å². The van der Waals surface area contributed by atoms with Gasteiger partial charge in [0.15, 0.2) is 5.96 Å². The van der Waals surface area contributed by atoms with Crippen molar-refractivity contribution in [1.82, 2.24) is 15.6 Å². The molecule has 0 aliphatic heterocycles. The van der Waals surface area contributed by atoms with Crippen molar-refractivity contribution in [2.24, 2.45) is 4.99 Å². The third-order valence-electron chi connectivity index (χ3n) is 4.46. The lowest BCUT2D eigenvalue weighted by atomic mass is 10.2. The Morgan fingerprint density at radius 2 is 1.52 bits per heavy atom. The smallest absolute Gasteiger partial charge is 0.219 e. The highest BCUT2D eigenvalue weighted by atomic mass is 16.5. The zero-order chi connectivity index (χ0) is 21.9. The number of methoxy groups -OCH3 is 1. The third kappa shape index (κ3) is 6.92. The van der Waals surface area contributed by atoms with Crippen LogP contribution >= 0.6 is 0 Å². The van der Waals surface area contributed by atoms with Crippen molar-refractivity contribution in [3.05, 3.63) is 78.0 Å². The number of pyridine rings is 1. The molecular weight excluding hydrogens is 392 g/mol. The van der Waals surface area contributed by atoms with Gasteiger partial charge in [0.1, 0.15) is 17.2 Å². The van der Waals surface area contributed by atoms with Gasteiger partial charge in [-0.3, -0.25) is 4.99 Å². The quantitative estimate of drug-likeness (QED) is 0.400. The summed E-state index contributed by atoms with van der Waals surface area (Å²) in [6, 6.07) is 19.2. The molecule has 3 aromatic rings. The van der Waals surface area contributed by atoms with E-state index in [2.05, 4.69) is 20.6 Å². The Labute approximate surface area is 183 Å². The van der Waals surface area contributed by atoms with Crippen LogP contribution in [0, 0.1) is 0 Å². The summed E-state index contributed by atoms with van der Waals surface area (Å²) in [6.07, 6.45) is 1.73. The molecule has 2 aromatic carbocycles. The van der Waals surface area contributed by atoms with Crippen molar-refractivity contribution in [3.63, 3.8) is 0 Å². The summed E-state index contributed by atoms with van der Waals surface area (Å²) in [5, 5.41) is 6.61. The summed E-state index contributed by atoms with van der Waals surface area (Å²) in [4.78, 5) is 8.57. The minimum Gasteiger partial charge on any atom is -0.497 e. The highest BCUT2D eigenvalue weighted by Gasteiger charge is 2.04. The van der Waals surface area contributed by atoms with Crippen LogP contribution < -0.4 is 24.8 Å². The standard InChI is InChI=1S/C24H28N4O3/c1-4-30-21-9-11-22(12-10-21)31-23-15-19(13-14-26-23)17-28-24(25-2)27-16-18-5-7-20(29-3)8-6-18/h5-15H,4,16-17H2,1-3H3,(H2,25,27,28). The molecule has 162 valence electrons. The minimum absolute atomic E-state index is 0.532. The van der Waals surface area contributed by atoms with Crippen molar-refractivity contribution in [2.45, 2.75) is 20.0 Å². The highest BCUT2D eigenvalue weighted by Crippen LogP contribution is 2.23. The predicted molar refractivity (Wildman–Crippen MR) is 122 cm³/mol. The molecule has 3 rings (SSSR count). The molecular formula is C24H28N4O3. The number of benzene rings is 2. The maximum atomic E-state index is 5.86. The fraction of sp³-hybridized carbons (Fsp3) is 0.250. The summed E-state index contributed by atoms with van der Waals surface area (Å²) in [5.74, 6) is 3.60. The van der Waals surface area contributed by atoms with Crippen LogP contribution in [0.5, 0.6) is 23.1 Å². The predicted octanol–water partition coefficient (Wildman–Crippen LogP) is 4.15. The zero-order valence-electron chi connectivity index (χ0n) is 18.1. The molecule has 0 spiro atoms. The van der Waals surface area contributed by atoms with Crippen LogP contribution in [-0.2, 0) is 13.1 Å². The molecule has 7 heteroatoms. The van der Waals surface area contributed by atoms with Crippen LogP contribution in [0.25, 0.3) is 0 Å². The number of nitrogens with zero attached hydrogens (tertiary/aromatic N) is 2. The molecule has 0 atom stereocenters. The summed E-state index contributed by atoms with van der Waals surface area (Å²) < 4.78 is 16.5. The number of aromatic nitrogens is 1. The Hall–Kier alpha value is -3.74. The minimum atomic E-state index is 0.532. The van der Waals surface area contributed by atoms with Crippen molar-refractivity contribution in [1.29, 1.82) is 0 Å². The monoisotopic (exact) mass is 420 g/mol. The fourth-order valence-electron chi connectivity index (χ4n) is 2.84. The van der Waals surface area contributed by atoms with E-state index in [1.165, 1.54) is 0 Å². The average molecular weight is 421 g/mol. The molecule has 0 saturated carbocycles. The lowest BCUT2D eigenvalue weighted by molar-refractivity contribution is 0.339. The zero-order valence-corrected chi connectivity index (χ0v) is 18.1. The SMILES string of the molecule is CCOc1ccc(Oc2cc(CNC(=NC)NCc3ccc(OC)cc3)ccn2)cc1. The van der Waals surface area contributed by atoms with E-state index in [1.54, 1.807) is 20.4 Å². The highest BCUT2D eigenvalue weighted by molar-refractivity contribution is 5.79. The summed E-state index contributed by atoms with van der Waals surface area (Å²) >= 11 is 0.